The first-order chi connectivity index (χ1) is 12.2. The summed E-state index contributed by atoms with van der Waals surface area (Å²) in [5.74, 6) is 0.485. The van der Waals surface area contributed by atoms with Crippen molar-refractivity contribution in [3.63, 3.8) is 0 Å². The van der Waals surface area contributed by atoms with E-state index in [4.69, 9.17) is 0 Å². The molecule has 0 amide bonds. The first-order valence-electron chi connectivity index (χ1n) is 8.91. The summed E-state index contributed by atoms with van der Waals surface area (Å²) in [4.78, 5) is 0. The molecule has 0 heteroatoms. The Morgan fingerprint density at radius 3 is 2.08 bits per heavy atom. The van der Waals surface area contributed by atoms with Gasteiger partial charge >= 0.3 is 0 Å². The van der Waals surface area contributed by atoms with Gasteiger partial charge < -0.3 is 0 Å². The normalized spacial score (nSPS) is 11.2. The molecular formula is C25H22. The fourth-order valence-electron chi connectivity index (χ4n) is 3.56. The fraction of sp³-hybridized carbons (Fsp3) is 0.120. The van der Waals surface area contributed by atoms with Crippen LogP contribution in [0.4, 0.5) is 0 Å². The molecule has 0 unspecified atom stereocenters. The zero-order chi connectivity index (χ0) is 17.2. The lowest BCUT2D eigenvalue weighted by Crippen LogP contribution is -1.94. The summed E-state index contributed by atoms with van der Waals surface area (Å²) in [6.07, 6.45) is 0. The Bertz CT molecular complexity index is 1010. The van der Waals surface area contributed by atoms with Gasteiger partial charge in [0.2, 0.25) is 0 Å². The van der Waals surface area contributed by atoms with E-state index in [0.717, 1.165) is 0 Å². The minimum absolute atomic E-state index is 0.485. The Labute approximate surface area is 149 Å². The van der Waals surface area contributed by atoms with Gasteiger partial charge in [-0.3, -0.25) is 0 Å². The van der Waals surface area contributed by atoms with Crippen molar-refractivity contribution < 1.29 is 0 Å². The van der Waals surface area contributed by atoms with Gasteiger partial charge in [0.15, 0.2) is 0 Å². The van der Waals surface area contributed by atoms with E-state index in [1.807, 2.05) is 0 Å². The van der Waals surface area contributed by atoms with E-state index >= 15 is 0 Å². The van der Waals surface area contributed by atoms with Crippen molar-refractivity contribution in [2.75, 3.05) is 0 Å². The maximum absolute atomic E-state index is 2.35. The van der Waals surface area contributed by atoms with Crippen LogP contribution in [-0.2, 0) is 0 Å². The van der Waals surface area contributed by atoms with Gasteiger partial charge in [-0.05, 0) is 50.6 Å². The number of rotatable bonds is 3. The van der Waals surface area contributed by atoms with E-state index in [1.54, 1.807) is 0 Å². The van der Waals surface area contributed by atoms with E-state index in [9.17, 15) is 0 Å². The summed E-state index contributed by atoms with van der Waals surface area (Å²) < 4.78 is 0. The smallest absolute Gasteiger partial charge is 0.0102 e. The lowest BCUT2D eigenvalue weighted by molar-refractivity contribution is 0.869. The molecular weight excluding hydrogens is 300 g/mol. The Morgan fingerprint density at radius 2 is 1.28 bits per heavy atom. The molecule has 4 rings (SSSR count). The zero-order valence-corrected chi connectivity index (χ0v) is 14.7. The molecule has 0 atom stereocenters. The van der Waals surface area contributed by atoms with Crippen molar-refractivity contribution in [2.45, 2.75) is 19.8 Å². The maximum Gasteiger partial charge on any atom is -0.0102 e. The predicted molar refractivity (Wildman–Crippen MR) is 109 cm³/mol. The Kier molecular flexibility index (Phi) is 4.11. The average Bonchev–Trinajstić information content (AvgIpc) is 2.67. The highest BCUT2D eigenvalue weighted by molar-refractivity contribution is 5.98. The number of benzene rings is 4. The fourth-order valence-corrected chi connectivity index (χ4v) is 3.56. The molecule has 0 aromatic heterocycles. The molecule has 0 saturated carbocycles. The van der Waals surface area contributed by atoms with E-state index in [1.165, 1.54) is 38.6 Å². The van der Waals surface area contributed by atoms with Crippen LogP contribution >= 0.6 is 0 Å². The molecule has 0 spiro atoms. The van der Waals surface area contributed by atoms with Gasteiger partial charge in [-0.25, -0.2) is 0 Å². The van der Waals surface area contributed by atoms with E-state index in [2.05, 4.69) is 105 Å². The topological polar surface area (TPSA) is 0 Å². The average molecular weight is 322 g/mol. The van der Waals surface area contributed by atoms with Gasteiger partial charge in [0.25, 0.3) is 0 Å². The molecule has 0 nitrogen and oxygen atoms in total. The lowest BCUT2D eigenvalue weighted by Gasteiger charge is -2.17. The molecule has 122 valence electrons. The summed E-state index contributed by atoms with van der Waals surface area (Å²) >= 11 is 0. The molecule has 4 aromatic carbocycles. The van der Waals surface area contributed by atoms with Gasteiger partial charge in [0, 0.05) is 0 Å². The third-order valence-electron chi connectivity index (χ3n) is 4.86. The van der Waals surface area contributed by atoms with Gasteiger partial charge in [0.1, 0.15) is 0 Å². The van der Waals surface area contributed by atoms with Crippen molar-refractivity contribution in [2.24, 2.45) is 0 Å². The lowest BCUT2D eigenvalue weighted by atomic mass is 9.87. The largest absolute Gasteiger partial charge is 0.0622 e. The van der Waals surface area contributed by atoms with Gasteiger partial charge in [0.05, 0.1) is 0 Å². The Morgan fingerprint density at radius 1 is 0.560 bits per heavy atom. The van der Waals surface area contributed by atoms with Crippen molar-refractivity contribution in [1.29, 1.82) is 0 Å². The van der Waals surface area contributed by atoms with Crippen LogP contribution in [0.3, 0.4) is 0 Å². The summed E-state index contributed by atoms with van der Waals surface area (Å²) in [6.45, 7) is 4.54. The molecule has 0 aliphatic rings. The summed E-state index contributed by atoms with van der Waals surface area (Å²) in [7, 11) is 0. The molecule has 0 heterocycles. The van der Waals surface area contributed by atoms with E-state index in [0.29, 0.717) is 5.92 Å². The number of hydrogen-bond acceptors (Lipinski definition) is 0. The predicted octanol–water partition coefficient (Wildman–Crippen LogP) is 7.30. The minimum atomic E-state index is 0.485. The molecule has 0 aliphatic carbocycles. The van der Waals surface area contributed by atoms with Crippen molar-refractivity contribution >= 4 is 10.8 Å². The molecule has 25 heavy (non-hydrogen) atoms. The number of hydrogen-bond donors (Lipinski definition) is 0. The third-order valence-corrected chi connectivity index (χ3v) is 4.86. The summed E-state index contributed by atoms with van der Waals surface area (Å²) in [5.41, 5.74) is 6.59. The monoisotopic (exact) mass is 322 g/mol. The van der Waals surface area contributed by atoms with Gasteiger partial charge in [-0.1, -0.05) is 98.8 Å². The van der Waals surface area contributed by atoms with Gasteiger partial charge in [-0.2, -0.15) is 0 Å². The first kappa shape index (κ1) is 15.7. The SMILES string of the molecule is CC(C)c1ccc(-c2ccccc2)cc1-c1cccc2ccccc12. The number of fused-ring (bicyclic) bond motifs is 1. The molecule has 0 bridgehead atoms. The van der Waals surface area contributed by atoms with Crippen LogP contribution in [0.1, 0.15) is 25.3 Å². The van der Waals surface area contributed by atoms with Gasteiger partial charge in [-0.15, -0.1) is 0 Å². The molecule has 0 radical (unpaired) electrons. The highest BCUT2D eigenvalue weighted by atomic mass is 14.2. The first-order valence-corrected chi connectivity index (χ1v) is 8.91. The van der Waals surface area contributed by atoms with Crippen LogP contribution in [0.15, 0.2) is 91.0 Å². The second-order valence-electron chi connectivity index (χ2n) is 6.85. The molecule has 0 N–H and O–H groups in total. The quantitative estimate of drug-likeness (QED) is 0.371. The summed E-state index contributed by atoms with van der Waals surface area (Å²) in [6, 6.07) is 32.8. The second kappa shape index (κ2) is 6.57. The summed E-state index contributed by atoms with van der Waals surface area (Å²) in [5, 5.41) is 2.61. The third kappa shape index (κ3) is 2.96. The van der Waals surface area contributed by atoms with Crippen molar-refractivity contribution in [3.8, 4) is 22.3 Å². The van der Waals surface area contributed by atoms with Crippen molar-refractivity contribution in [3.05, 3.63) is 96.6 Å². The van der Waals surface area contributed by atoms with E-state index < -0.39 is 0 Å². The highest BCUT2D eigenvalue weighted by Gasteiger charge is 2.12. The Hall–Kier alpha value is -2.86. The molecule has 4 aromatic rings. The molecule has 0 aliphatic heterocycles. The van der Waals surface area contributed by atoms with Crippen LogP contribution in [0.25, 0.3) is 33.0 Å². The second-order valence-corrected chi connectivity index (χ2v) is 6.85. The highest BCUT2D eigenvalue weighted by Crippen LogP contribution is 2.36. The molecule has 0 fully saturated rings. The standard InChI is InChI=1S/C25H22/c1-18(2)22-16-15-21(19-9-4-3-5-10-19)17-25(22)24-14-8-12-20-11-6-7-13-23(20)24/h3-18H,1-2H3. The van der Waals surface area contributed by atoms with Crippen LogP contribution in [-0.4, -0.2) is 0 Å². The molecule has 0 saturated heterocycles. The maximum atomic E-state index is 2.35. The zero-order valence-electron chi connectivity index (χ0n) is 14.7. The van der Waals surface area contributed by atoms with Crippen LogP contribution in [0.5, 0.6) is 0 Å². The Balaban J connectivity index is 1.98. The van der Waals surface area contributed by atoms with Crippen molar-refractivity contribution in [1.82, 2.24) is 0 Å². The van der Waals surface area contributed by atoms with Crippen LogP contribution in [0.2, 0.25) is 0 Å². The van der Waals surface area contributed by atoms with Crippen LogP contribution in [0, 0.1) is 0 Å². The van der Waals surface area contributed by atoms with E-state index in [-0.39, 0.29) is 0 Å². The minimum Gasteiger partial charge on any atom is -0.0622 e. The van der Waals surface area contributed by atoms with Crippen LogP contribution < -0.4 is 0 Å².